The van der Waals surface area contributed by atoms with Gasteiger partial charge in [0, 0.05) is 23.8 Å². The van der Waals surface area contributed by atoms with Gasteiger partial charge in [0.05, 0.1) is 5.69 Å². The first kappa shape index (κ1) is 18.5. The second kappa shape index (κ2) is 7.84. The molecule has 2 heterocycles. The number of fused-ring (bicyclic) bond motifs is 1. The number of carboxylic acid groups (broad SMARTS) is 1. The van der Waals surface area contributed by atoms with E-state index in [4.69, 9.17) is 23.1 Å². The van der Waals surface area contributed by atoms with Crippen LogP contribution < -0.4 is 16.8 Å². The van der Waals surface area contributed by atoms with Crippen molar-refractivity contribution in [2.45, 2.75) is 25.8 Å². The Morgan fingerprint density at radius 3 is 2.84 bits per heavy atom. The number of carbonyl (C=O) groups is 2. The third-order valence-corrected chi connectivity index (χ3v) is 3.76. The van der Waals surface area contributed by atoms with Gasteiger partial charge in [-0.1, -0.05) is 11.6 Å². The third-order valence-electron chi connectivity index (χ3n) is 3.53. The number of pyridine rings is 1. The maximum atomic E-state index is 12.5. The molecule has 0 radical (unpaired) electrons. The van der Waals surface area contributed by atoms with Gasteiger partial charge in [0.15, 0.2) is 5.96 Å². The molecule has 10 heteroatoms. The lowest BCUT2D eigenvalue weighted by molar-refractivity contribution is -0.139. The van der Waals surface area contributed by atoms with E-state index in [1.54, 1.807) is 29.7 Å². The summed E-state index contributed by atoms with van der Waals surface area (Å²) in [5.41, 5.74) is 11.7. The average Bonchev–Trinajstić information content (AvgIpc) is 2.84. The number of hydrogen-bond donors (Lipinski definition) is 4. The van der Waals surface area contributed by atoms with Gasteiger partial charge >= 0.3 is 5.97 Å². The lowest BCUT2D eigenvalue weighted by atomic mass is 10.1. The van der Waals surface area contributed by atoms with E-state index < -0.39 is 17.9 Å². The molecule has 25 heavy (non-hydrogen) atoms. The number of aliphatic imine (C=N–C) groups is 1. The molecule has 0 fully saturated rings. The van der Waals surface area contributed by atoms with E-state index in [9.17, 15) is 14.7 Å². The number of nitrogens with two attached hydrogens (primary N) is 2. The monoisotopic (exact) mass is 366 g/mol. The summed E-state index contributed by atoms with van der Waals surface area (Å²) in [5, 5.41) is 12.3. The third kappa shape index (κ3) is 4.60. The normalized spacial score (nSPS) is 11.9. The van der Waals surface area contributed by atoms with Crippen molar-refractivity contribution in [3.63, 3.8) is 0 Å². The van der Waals surface area contributed by atoms with Gasteiger partial charge in [0.1, 0.15) is 17.4 Å². The number of carboxylic acids is 1. The molecule has 0 aliphatic carbocycles. The number of nitrogens with zero attached hydrogens (tertiary/aromatic N) is 3. The van der Waals surface area contributed by atoms with Crippen LogP contribution >= 0.6 is 11.6 Å². The van der Waals surface area contributed by atoms with E-state index in [0.29, 0.717) is 22.8 Å². The van der Waals surface area contributed by atoms with Gasteiger partial charge in [-0.3, -0.25) is 14.2 Å². The number of aryl methyl sites for hydroxylation is 1. The lowest BCUT2D eigenvalue weighted by Crippen LogP contribution is -2.41. The van der Waals surface area contributed by atoms with Crippen LogP contribution in [0.15, 0.2) is 23.3 Å². The average molecular weight is 367 g/mol. The minimum absolute atomic E-state index is 0.0593. The Hall–Kier alpha value is -2.81. The number of halogens is 1. The molecule has 0 saturated heterocycles. The van der Waals surface area contributed by atoms with Gasteiger partial charge in [0.2, 0.25) is 0 Å². The van der Waals surface area contributed by atoms with Crippen molar-refractivity contribution in [3.8, 4) is 0 Å². The fraction of sp³-hybridized carbons (Fsp3) is 0.333. The molecule has 9 nitrogen and oxygen atoms in total. The fourth-order valence-electron chi connectivity index (χ4n) is 2.40. The Morgan fingerprint density at radius 2 is 2.20 bits per heavy atom. The molecule has 1 atom stereocenters. The van der Waals surface area contributed by atoms with E-state index in [2.05, 4.69) is 15.3 Å². The summed E-state index contributed by atoms with van der Waals surface area (Å²) in [7, 11) is 0. The second-order valence-corrected chi connectivity index (χ2v) is 5.87. The van der Waals surface area contributed by atoms with Crippen molar-refractivity contribution >= 4 is 35.1 Å². The minimum Gasteiger partial charge on any atom is -0.480 e. The van der Waals surface area contributed by atoms with Crippen LogP contribution in [0.5, 0.6) is 0 Å². The van der Waals surface area contributed by atoms with Crippen LogP contribution in [-0.4, -0.2) is 44.9 Å². The van der Waals surface area contributed by atoms with Gasteiger partial charge in [-0.2, -0.15) is 0 Å². The molecule has 0 aliphatic rings. The number of hydrogen-bond acceptors (Lipinski definition) is 4. The van der Waals surface area contributed by atoms with Crippen LogP contribution in [0.3, 0.4) is 0 Å². The zero-order valence-electron chi connectivity index (χ0n) is 13.6. The van der Waals surface area contributed by atoms with Crippen LogP contribution in [-0.2, 0) is 4.79 Å². The first-order valence-corrected chi connectivity index (χ1v) is 7.90. The largest absolute Gasteiger partial charge is 0.480 e. The van der Waals surface area contributed by atoms with Crippen LogP contribution in [0.25, 0.3) is 5.65 Å². The first-order chi connectivity index (χ1) is 11.8. The van der Waals surface area contributed by atoms with Crippen LogP contribution in [0.2, 0.25) is 5.02 Å². The Balaban J connectivity index is 2.14. The van der Waals surface area contributed by atoms with Crippen LogP contribution in [0.1, 0.15) is 29.0 Å². The Labute approximate surface area is 148 Å². The second-order valence-electron chi connectivity index (χ2n) is 5.43. The summed E-state index contributed by atoms with van der Waals surface area (Å²) < 4.78 is 1.56. The molecule has 1 amide bonds. The molecule has 0 aliphatic heterocycles. The molecule has 2 aromatic rings. The molecular weight excluding hydrogens is 348 g/mol. The zero-order valence-corrected chi connectivity index (χ0v) is 14.3. The highest BCUT2D eigenvalue weighted by Crippen LogP contribution is 2.17. The number of imidazole rings is 1. The smallest absolute Gasteiger partial charge is 0.326 e. The Morgan fingerprint density at radius 1 is 1.48 bits per heavy atom. The maximum absolute atomic E-state index is 12.5. The summed E-state index contributed by atoms with van der Waals surface area (Å²) in [6, 6.07) is 2.19. The van der Waals surface area contributed by atoms with Crippen molar-refractivity contribution in [2.75, 3.05) is 6.54 Å². The van der Waals surface area contributed by atoms with Crippen molar-refractivity contribution in [1.82, 2.24) is 14.7 Å². The summed E-state index contributed by atoms with van der Waals surface area (Å²) in [5.74, 6) is -1.72. The van der Waals surface area contributed by atoms with E-state index >= 15 is 0 Å². The number of aliphatic carboxylic acids is 1. The standard InChI is InChI=1S/C15H19ClN6O3/c1-8-12(22-6-4-9(16)7-11(22)20-8)13(23)21-10(14(24)25)3-2-5-19-15(17)18/h4,6-7,10H,2-3,5H2,1H3,(H,21,23)(H,24,25)(H4,17,18,19). The molecule has 2 rings (SSSR count). The molecule has 0 aromatic carbocycles. The number of aromatic nitrogens is 2. The maximum Gasteiger partial charge on any atom is 0.326 e. The number of carbonyl (C=O) groups excluding carboxylic acids is 1. The SMILES string of the molecule is Cc1nc2cc(Cl)ccn2c1C(=O)NC(CCCN=C(N)N)C(=O)O. The van der Waals surface area contributed by atoms with Crippen molar-refractivity contribution < 1.29 is 14.7 Å². The molecule has 6 N–H and O–H groups in total. The molecule has 0 saturated carbocycles. The quantitative estimate of drug-likeness (QED) is 0.319. The molecule has 1 unspecified atom stereocenters. The van der Waals surface area contributed by atoms with Gasteiger partial charge in [0.25, 0.3) is 5.91 Å². The van der Waals surface area contributed by atoms with Gasteiger partial charge < -0.3 is 21.9 Å². The summed E-state index contributed by atoms with van der Waals surface area (Å²) in [4.78, 5) is 32.0. The number of nitrogens with one attached hydrogen (secondary N) is 1. The Bertz CT molecular complexity index is 828. The highest BCUT2D eigenvalue weighted by atomic mass is 35.5. The molecule has 2 aromatic heterocycles. The van der Waals surface area contributed by atoms with E-state index in [1.807, 2.05) is 0 Å². The molecular formula is C15H19ClN6O3. The molecule has 134 valence electrons. The molecule has 0 spiro atoms. The fourth-order valence-corrected chi connectivity index (χ4v) is 2.55. The van der Waals surface area contributed by atoms with Gasteiger partial charge in [-0.15, -0.1) is 0 Å². The summed E-state index contributed by atoms with van der Waals surface area (Å²) in [6.45, 7) is 1.96. The van der Waals surface area contributed by atoms with Crippen molar-refractivity contribution in [2.24, 2.45) is 16.5 Å². The predicted molar refractivity (Wildman–Crippen MR) is 93.7 cm³/mol. The van der Waals surface area contributed by atoms with Gasteiger partial charge in [-0.05, 0) is 25.8 Å². The van der Waals surface area contributed by atoms with Crippen molar-refractivity contribution in [3.05, 3.63) is 34.7 Å². The summed E-state index contributed by atoms with van der Waals surface area (Å²) in [6.07, 6.45) is 2.22. The number of guanidine groups is 1. The number of amides is 1. The zero-order chi connectivity index (χ0) is 18.6. The molecule has 0 bridgehead atoms. The van der Waals surface area contributed by atoms with Crippen LogP contribution in [0.4, 0.5) is 0 Å². The number of rotatable bonds is 7. The minimum atomic E-state index is -1.13. The highest BCUT2D eigenvalue weighted by molar-refractivity contribution is 6.30. The highest BCUT2D eigenvalue weighted by Gasteiger charge is 2.23. The first-order valence-electron chi connectivity index (χ1n) is 7.53. The Kier molecular flexibility index (Phi) is 5.81. The van der Waals surface area contributed by atoms with E-state index in [0.717, 1.165) is 0 Å². The topological polar surface area (TPSA) is 148 Å². The lowest BCUT2D eigenvalue weighted by Gasteiger charge is -2.14. The van der Waals surface area contributed by atoms with E-state index in [1.165, 1.54) is 0 Å². The van der Waals surface area contributed by atoms with Gasteiger partial charge in [-0.25, -0.2) is 9.78 Å². The van der Waals surface area contributed by atoms with E-state index in [-0.39, 0.29) is 24.6 Å². The van der Waals surface area contributed by atoms with Crippen molar-refractivity contribution in [1.29, 1.82) is 0 Å². The summed E-state index contributed by atoms with van der Waals surface area (Å²) >= 11 is 5.92. The van der Waals surface area contributed by atoms with Crippen LogP contribution in [0, 0.1) is 6.92 Å². The predicted octanol–water partition coefficient (Wildman–Crippen LogP) is 0.533.